The number of halogens is 3. The molecule has 0 aliphatic carbocycles. The molecule has 116 valence electrons. The number of ether oxygens (including phenoxy) is 1. The number of nitrogens with zero attached hydrogens (tertiary/aromatic N) is 1. The van der Waals surface area contributed by atoms with Crippen molar-refractivity contribution in [2.75, 3.05) is 25.2 Å². The fraction of sp³-hybridized carbons (Fsp3) is 0.500. The van der Waals surface area contributed by atoms with E-state index in [4.69, 9.17) is 0 Å². The van der Waals surface area contributed by atoms with E-state index in [-0.39, 0.29) is 5.91 Å². The van der Waals surface area contributed by atoms with Crippen LogP contribution >= 0.6 is 0 Å². The first-order chi connectivity index (χ1) is 9.78. The fourth-order valence-corrected chi connectivity index (χ4v) is 2.27. The Morgan fingerprint density at radius 2 is 2.10 bits per heavy atom. The van der Waals surface area contributed by atoms with Crippen LogP contribution in [0.5, 0.6) is 0 Å². The Hall–Kier alpha value is -1.60. The predicted octanol–water partition coefficient (Wildman–Crippen LogP) is 2.21. The van der Waals surface area contributed by atoms with Gasteiger partial charge in [-0.3, -0.25) is 4.79 Å². The molecule has 2 rings (SSSR count). The maximum Gasteiger partial charge on any atom is 0.411 e. The summed E-state index contributed by atoms with van der Waals surface area (Å²) in [6.45, 7) is -1.81. The highest BCUT2D eigenvalue weighted by atomic mass is 19.4. The minimum Gasteiger partial charge on any atom is -0.386 e. The van der Waals surface area contributed by atoms with Crippen molar-refractivity contribution in [2.45, 2.75) is 25.1 Å². The summed E-state index contributed by atoms with van der Waals surface area (Å²) in [7, 11) is 1.67. The molecule has 1 aromatic carbocycles. The highest BCUT2D eigenvalue weighted by Gasteiger charge is 2.28. The Bertz CT molecular complexity index is 531. The molecule has 0 saturated carbocycles. The molecule has 21 heavy (non-hydrogen) atoms. The zero-order valence-electron chi connectivity index (χ0n) is 11.5. The van der Waals surface area contributed by atoms with E-state index in [0.717, 1.165) is 11.3 Å². The Morgan fingerprint density at radius 1 is 1.38 bits per heavy atom. The smallest absolute Gasteiger partial charge is 0.386 e. The lowest BCUT2D eigenvalue weighted by Crippen LogP contribution is -2.31. The maximum absolute atomic E-state index is 12.0. The van der Waals surface area contributed by atoms with Crippen LogP contribution in [-0.4, -0.2) is 37.5 Å². The first-order valence-corrected chi connectivity index (χ1v) is 6.50. The summed E-state index contributed by atoms with van der Waals surface area (Å²) in [6, 6.07) is 4.99. The number of hydrogen-bond donors (Lipinski definition) is 1. The summed E-state index contributed by atoms with van der Waals surface area (Å²) < 4.78 is 40.4. The molecule has 1 atom stereocenters. The molecule has 1 N–H and O–H groups in total. The zero-order chi connectivity index (χ0) is 15.6. The van der Waals surface area contributed by atoms with Crippen LogP contribution in [0.1, 0.15) is 23.7 Å². The van der Waals surface area contributed by atoms with Gasteiger partial charge in [-0.05, 0) is 23.6 Å². The van der Waals surface area contributed by atoms with E-state index in [1.807, 2.05) is 0 Å². The van der Waals surface area contributed by atoms with Crippen molar-refractivity contribution in [1.82, 2.24) is 0 Å². The third-order valence-corrected chi connectivity index (χ3v) is 3.37. The largest absolute Gasteiger partial charge is 0.411 e. The number of amides is 1. The summed E-state index contributed by atoms with van der Waals surface area (Å²) in [5.74, 6) is 0.0179. The molecule has 0 aromatic heterocycles. The van der Waals surface area contributed by atoms with Crippen LogP contribution in [0.3, 0.4) is 0 Å². The predicted molar refractivity (Wildman–Crippen MR) is 70.0 cm³/mol. The molecular weight excluding hydrogens is 287 g/mol. The quantitative estimate of drug-likeness (QED) is 0.928. The maximum atomic E-state index is 12.0. The van der Waals surface area contributed by atoms with Gasteiger partial charge in [0.25, 0.3) is 0 Å². The van der Waals surface area contributed by atoms with E-state index in [1.54, 1.807) is 25.2 Å². The second-order valence-electron chi connectivity index (χ2n) is 4.99. The van der Waals surface area contributed by atoms with Gasteiger partial charge in [-0.25, -0.2) is 0 Å². The van der Waals surface area contributed by atoms with E-state index in [0.29, 0.717) is 18.4 Å². The number of rotatable bonds is 4. The Morgan fingerprint density at radius 3 is 2.76 bits per heavy atom. The third-order valence-electron chi connectivity index (χ3n) is 3.37. The van der Waals surface area contributed by atoms with E-state index in [9.17, 15) is 23.1 Å². The number of alkyl halides is 3. The summed E-state index contributed by atoms with van der Waals surface area (Å²) >= 11 is 0. The van der Waals surface area contributed by atoms with Gasteiger partial charge in [0.2, 0.25) is 5.91 Å². The molecule has 0 spiro atoms. The molecule has 7 heteroatoms. The average Bonchev–Trinajstić information content (AvgIpc) is 2.41. The number of aliphatic hydroxyl groups excluding tert-OH is 1. The molecule has 1 heterocycles. The summed E-state index contributed by atoms with van der Waals surface area (Å²) in [4.78, 5) is 13.1. The fourth-order valence-electron chi connectivity index (χ4n) is 2.27. The van der Waals surface area contributed by atoms with Crippen LogP contribution in [-0.2, 0) is 16.0 Å². The number of benzene rings is 1. The topological polar surface area (TPSA) is 49.8 Å². The lowest BCUT2D eigenvalue weighted by molar-refractivity contribution is -0.179. The molecule has 0 fully saturated rings. The Balaban J connectivity index is 2.03. The summed E-state index contributed by atoms with van der Waals surface area (Å²) in [5.41, 5.74) is 2.14. The molecule has 1 aliphatic heterocycles. The molecule has 4 nitrogen and oxygen atoms in total. The number of fused-ring (bicyclic) bond motifs is 1. The normalized spacial score (nSPS) is 16.8. The van der Waals surface area contributed by atoms with Gasteiger partial charge in [-0.1, -0.05) is 12.1 Å². The van der Waals surface area contributed by atoms with Crippen molar-refractivity contribution >= 4 is 11.6 Å². The van der Waals surface area contributed by atoms with Crippen LogP contribution < -0.4 is 4.90 Å². The van der Waals surface area contributed by atoms with Crippen LogP contribution in [0.2, 0.25) is 0 Å². The van der Waals surface area contributed by atoms with Crippen molar-refractivity contribution < 1.29 is 27.8 Å². The van der Waals surface area contributed by atoms with Crippen molar-refractivity contribution in [3.05, 3.63) is 29.3 Å². The van der Waals surface area contributed by atoms with Crippen molar-refractivity contribution in [3.63, 3.8) is 0 Å². The molecule has 1 amide bonds. The molecule has 1 aromatic rings. The van der Waals surface area contributed by atoms with Gasteiger partial charge in [0.15, 0.2) is 0 Å². The molecule has 0 saturated heterocycles. The van der Waals surface area contributed by atoms with Crippen molar-refractivity contribution in [1.29, 1.82) is 0 Å². The zero-order valence-corrected chi connectivity index (χ0v) is 11.5. The standard InChI is InChI=1S/C14H16F3NO3/c1-18-11-4-2-10(6-9(11)3-5-13(18)20)12(19)7-21-8-14(15,16)17/h2,4,6,12,19H,3,5,7-8H2,1H3. The number of hydrogen-bond acceptors (Lipinski definition) is 3. The molecule has 0 radical (unpaired) electrons. The molecule has 0 bridgehead atoms. The summed E-state index contributed by atoms with van der Waals surface area (Å²) in [5, 5.41) is 9.86. The van der Waals surface area contributed by atoms with Gasteiger partial charge in [-0.15, -0.1) is 0 Å². The lowest BCUT2D eigenvalue weighted by atomic mass is 9.97. The van der Waals surface area contributed by atoms with E-state index >= 15 is 0 Å². The monoisotopic (exact) mass is 303 g/mol. The minimum atomic E-state index is -4.40. The number of aryl methyl sites for hydroxylation is 1. The van der Waals surface area contributed by atoms with Gasteiger partial charge >= 0.3 is 6.18 Å². The number of aliphatic hydroxyl groups is 1. The minimum absolute atomic E-state index is 0.0179. The average molecular weight is 303 g/mol. The van der Waals surface area contributed by atoms with Gasteiger partial charge < -0.3 is 14.7 Å². The highest BCUT2D eigenvalue weighted by Crippen LogP contribution is 2.29. The van der Waals surface area contributed by atoms with E-state index in [2.05, 4.69) is 4.74 Å². The van der Waals surface area contributed by atoms with E-state index in [1.165, 1.54) is 4.90 Å². The first-order valence-electron chi connectivity index (χ1n) is 6.50. The molecule has 1 aliphatic rings. The molecular formula is C14H16F3NO3. The second-order valence-corrected chi connectivity index (χ2v) is 4.99. The van der Waals surface area contributed by atoms with Crippen molar-refractivity contribution in [2.24, 2.45) is 0 Å². The SMILES string of the molecule is CN1C(=O)CCc2cc(C(O)COCC(F)(F)F)ccc21. The van der Waals surface area contributed by atoms with Crippen LogP contribution in [0.15, 0.2) is 18.2 Å². The summed E-state index contributed by atoms with van der Waals surface area (Å²) in [6.07, 6.45) is -4.59. The number of carbonyl (C=O) groups is 1. The van der Waals surface area contributed by atoms with Gasteiger partial charge in [0.1, 0.15) is 12.7 Å². The van der Waals surface area contributed by atoms with Gasteiger partial charge in [0, 0.05) is 19.2 Å². The number of anilines is 1. The first kappa shape index (κ1) is 15.8. The van der Waals surface area contributed by atoms with Crippen molar-refractivity contribution in [3.8, 4) is 0 Å². The van der Waals surface area contributed by atoms with E-state index < -0.39 is 25.5 Å². The highest BCUT2D eigenvalue weighted by molar-refractivity contribution is 5.95. The van der Waals surface area contributed by atoms with Gasteiger partial charge in [-0.2, -0.15) is 13.2 Å². The van der Waals surface area contributed by atoms with Crippen LogP contribution in [0, 0.1) is 0 Å². The van der Waals surface area contributed by atoms with Gasteiger partial charge in [0.05, 0.1) is 6.61 Å². The molecule has 1 unspecified atom stereocenters. The van der Waals surface area contributed by atoms with Crippen LogP contribution in [0.4, 0.5) is 18.9 Å². The van der Waals surface area contributed by atoms with Crippen LogP contribution in [0.25, 0.3) is 0 Å². The second kappa shape index (κ2) is 6.03. The number of carbonyl (C=O) groups excluding carboxylic acids is 1. The third kappa shape index (κ3) is 3.95. The Kier molecular flexibility index (Phi) is 4.53. The Labute approximate surface area is 120 Å². The lowest BCUT2D eigenvalue weighted by Gasteiger charge is -2.26.